The van der Waals surface area contributed by atoms with Crippen LogP contribution in [-0.2, 0) is 4.74 Å². The van der Waals surface area contributed by atoms with Crippen molar-refractivity contribution < 1.29 is 9.47 Å². The van der Waals surface area contributed by atoms with Gasteiger partial charge in [-0.2, -0.15) is 0 Å². The van der Waals surface area contributed by atoms with E-state index < -0.39 is 0 Å². The van der Waals surface area contributed by atoms with Crippen LogP contribution in [0.5, 0.6) is 5.75 Å². The molecular weight excluding hydrogens is 258 g/mol. The first-order chi connectivity index (χ1) is 9.20. The molecule has 0 aliphatic carbocycles. The van der Waals surface area contributed by atoms with E-state index in [4.69, 9.17) is 15.2 Å². The lowest BCUT2D eigenvalue weighted by molar-refractivity contribution is 0.0999. The minimum atomic E-state index is 0.125. The number of benzene rings is 1. The van der Waals surface area contributed by atoms with Crippen LogP contribution in [0.15, 0.2) is 24.3 Å². The molecule has 0 bridgehead atoms. The van der Waals surface area contributed by atoms with E-state index in [2.05, 4.69) is 19.1 Å². The van der Waals surface area contributed by atoms with E-state index in [0.29, 0.717) is 10.5 Å². The van der Waals surface area contributed by atoms with Gasteiger partial charge in [0.25, 0.3) is 0 Å². The molecule has 2 unspecified atom stereocenters. The Hall–Kier alpha value is -0.710. The van der Waals surface area contributed by atoms with Crippen LogP contribution in [0.3, 0.4) is 0 Å². The molecule has 1 aliphatic heterocycles. The molecule has 1 aromatic carbocycles. The van der Waals surface area contributed by atoms with Crippen LogP contribution in [0, 0.1) is 0 Å². The van der Waals surface area contributed by atoms with Gasteiger partial charge in [0.05, 0.1) is 7.11 Å². The van der Waals surface area contributed by atoms with Gasteiger partial charge >= 0.3 is 0 Å². The van der Waals surface area contributed by atoms with Crippen molar-refractivity contribution in [2.75, 3.05) is 20.3 Å². The van der Waals surface area contributed by atoms with Gasteiger partial charge in [-0.1, -0.05) is 12.1 Å². The molecule has 4 heteroatoms. The van der Waals surface area contributed by atoms with Crippen molar-refractivity contribution in [3.63, 3.8) is 0 Å². The van der Waals surface area contributed by atoms with Gasteiger partial charge in [0.15, 0.2) is 0 Å². The van der Waals surface area contributed by atoms with Crippen molar-refractivity contribution in [1.29, 1.82) is 0 Å². The molecule has 1 aromatic rings. The Labute approximate surface area is 119 Å². The summed E-state index contributed by atoms with van der Waals surface area (Å²) in [5, 5.41) is 0.967. The standard InChI is InChI=1S/C15H23NO2S/c1-11(16)15(19-14-6-8-18-9-7-14)12-4-3-5-13(10-12)17-2/h3-5,10-11,14-15H,6-9,16H2,1-2H3. The molecule has 2 atom stereocenters. The fourth-order valence-corrected chi connectivity index (χ4v) is 3.77. The number of methoxy groups -OCH3 is 1. The Morgan fingerprint density at radius 3 is 2.74 bits per heavy atom. The van der Waals surface area contributed by atoms with E-state index in [1.807, 2.05) is 23.9 Å². The maximum Gasteiger partial charge on any atom is 0.119 e. The molecule has 2 rings (SSSR count). The molecule has 2 N–H and O–H groups in total. The highest BCUT2D eigenvalue weighted by Crippen LogP contribution is 2.38. The highest BCUT2D eigenvalue weighted by Gasteiger charge is 2.24. The van der Waals surface area contributed by atoms with E-state index >= 15 is 0 Å². The van der Waals surface area contributed by atoms with Gasteiger partial charge in [-0.05, 0) is 37.5 Å². The molecule has 1 heterocycles. The van der Waals surface area contributed by atoms with Crippen molar-refractivity contribution in [3.8, 4) is 5.75 Å². The first-order valence-corrected chi connectivity index (χ1v) is 7.77. The minimum absolute atomic E-state index is 0.125. The lowest BCUT2D eigenvalue weighted by Gasteiger charge is -2.28. The van der Waals surface area contributed by atoms with Gasteiger partial charge in [0.1, 0.15) is 5.75 Å². The van der Waals surface area contributed by atoms with Crippen molar-refractivity contribution in [3.05, 3.63) is 29.8 Å². The van der Waals surface area contributed by atoms with Crippen molar-refractivity contribution in [2.45, 2.75) is 36.3 Å². The normalized spacial score (nSPS) is 19.9. The summed E-state index contributed by atoms with van der Waals surface area (Å²) in [6.45, 7) is 3.83. The Morgan fingerprint density at radius 2 is 2.11 bits per heavy atom. The lowest BCUT2D eigenvalue weighted by atomic mass is 10.1. The first-order valence-electron chi connectivity index (χ1n) is 6.83. The third kappa shape index (κ3) is 4.13. The predicted molar refractivity (Wildman–Crippen MR) is 80.8 cm³/mol. The summed E-state index contributed by atoms with van der Waals surface area (Å²) in [5.41, 5.74) is 7.44. The smallest absolute Gasteiger partial charge is 0.119 e. The second kappa shape index (κ2) is 7.17. The zero-order valence-electron chi connectivity index (χ0n) is 11.7. The van der Waals surface area contributed by atoms with Crippen LogP contribution in [-0.4, -0.2) is 31.6 Å². The molecular formula is C15H23NO2S. The Kier molecular flexibility index (Phi) is 5.55. The SMILES string of the molecule is COc1cccc(C(SC2CCOCC2)C(C)N)c1. The Morgan fingerprint density at radius 1 is 1.37 bits per heavy atom. The summed E-state index contributed by atoms with van der Waals surface area (Å²) in [7, 11) is 1.70. The number of thioether (sulfide) groups is 1. The molecule has 106 valence electrons. The van der Waals surface area contributed by atoms with Gasteiger partial charge in [-0.15, -0.1) is 11.8 Å². The van der Waals surface area contributed by atoms with E-state index in [9.17, 15) is 0 Å². The summed E-state index contributed by atoms with van der Waals surface area (Å²) in [6, 6.07) is 8.37. The van der Waals surface area contributed by atoms with E-state index in [0.717, 1.165) is 31.8 Å². The maximum atomic E-state index is 6.18. The number of hydrogen-bond donors (Lipinski definition) is 1. The zero-order chi connectivity index (χ0) is 13.7. The highest BCUT2D eigenvalue weighted by molar-refractivity contribution is 8.00. The molecule has 0 aromatic heterocycles. The second-order valence-electron chi connectivity index (χ2n) is 5.00. The van der Waals surface area contributed by atoms with E-state index in [-0.39, 0.29) is 6.04 Å². The van der Waals surface area contributed by atoms with Gasteiger partial charge < -0.3 is 15.2 Å². The molecule has 0 radical (unpaired) electrons. The average molecular weight is 281 g/mol. The average Bonchev–Trinajstić information content (AvgIpc) is 2.45. The zero-order valence-corrected chi connectivity index (χ0v) is 12.5. The fourth-order valence-electron chi connectivity index (χ4n) is 2.34. The lowest BCUT2D eigenvalue weighted by Crippen LogP contribution is -2.26. The fraction of sp³-hybridized carbons (Fsp3) is 0.600. The molecule has 3 nitrogen and oxygen atoms in total. The maximum absolute atomic E-state index is 6.18. The van der Waals surface area contributed by atoms with Gasteiger partial charge in [0.2, 0.25) is 0 Å². The summed E-state index contributed by atoms with van der Waals surface area (Å²) >= 11 is 1.99. The second-order valence-corrected chi connectivity index (χ2v) is 6.45. The number of nitrogens with two attached hydrogens (primary N) is 1. The summed E-state index contributed by atoms with van der Waals surface area (Å²) in [6.07, 6.45) is 2.25. The van der Waals surface area contributed by atoms with Crippen LogP contribution < -0.4 is 10.5 Å². The number of ether oxygens (including phenoxy) is 2. The van der Waals surface area contributed by atoms with Crippen LogP contribution in [0.4, 0.5) is 0 Å². The van der Waals surface area contributed by atoms with E-state index in [1.165, 1.54) is 5.56 Å². The number of hydrogen-bond acceptors (Lipinski definition) is 4. The third-order valence-electron chi connectivity index (χ3n) is 3.41. The van der Waals surface area contributed by atoms with Gasteiger partial charge in [-0.25, -0.2) is 0 Å². The monoisotopic (exact) mass is 281 g/mol. The quantitative estimate of drug-likeness (QED) is 0.901. The predicted octanol–water partition coefficient (Wildman–Crippen LogP) is 3.00. The van der Waals surface area contributed by atoms with Crippen LogP contribution >= 0.6 is 11.8 Å². The van der Waals surface area contributed by atoms with Crippen LogP contribution in [0.2, 0.25) is 0 Å². The Bertz CT molecular complexity index is 391. The van der Waals surface area contributed by atoms with Crippen LogP contribution in [0.25, 0.3) is 0 Å². The number of rotatable bonds is 5. The summed E-state index contributed by atoms with van der Waals surface area (Å²) in [5.74, 6) is 0.899. The van der Waals surface area contributed by atoms with Crippen molar-refractivity contribution in [2.24, 2.45) is 5.73 Å². The summed E-state index contributed by atoms with van der Waals surface area (Å²) < 4.78 is 10.7. The minimum Gasteiger partial charge on any atom is -0.497 e. The van der Waals surface area contributed by atoms with E-state index in [1.54, 1.807) is 7.11 Å². The molecule has 0 spiro atoms. The largest absolute Gasteiger partial charge is 0.497 e. The van der Waals surface area contributed by atoms with Crippen molar-refractivity contribution >= 4 is 11.8 Å². The topological polar surface area (TPSA) is 44.5 Å². The highest BCUT2D eigenvalue weighted by atomic mass is 32.2. The Balaban J connectivity index is 2.09. The molecule has 1 aliphatic rings. The molecule has 19 heavy (non-hydrogen) atoms. The summed E-state index contributed by atoms with van der Waals surface area (Å²) in [4.78, 5) is 0. The first kappa shape index (κ1) is 14.7. The van der Waals surface area contributed by atoms with Gasteiger partial charge in [-0.3, -0.25) is 0 Å². The van der Waals surface area contributed by atoms with Gasteiger partial charge in [0, 0.05) is 29.8 Å². The molecule has 0 saturated carbocycles. The molecule has 0 amide bonds. The third-order valence-corrected chi connectivity index (χ3v) is 5.26. The van der Waals surface area contributed by atoms with Crippen molar-refractivity contribution in [1.82, 2.24) is 0 Å². The van der Waals surface area contributed by atoms with Crippen LogP contribution in [0.1, 0.15) is 30.6 Å². The molecule has 1 saturated heterocycles. The molecule has 1 fully saturated rings.